The lowest BCUT2D eigenvalue weighted by Crippen LogP contribution is -2.35. The number of nitrogens with one attached hydrogen (secondary N) is 1. The van der Waals surface area contributed by atoms with Crippen LogP contribution in [0.1, 0.15) is 16.8 Å². The summed E-state index contributed by atoms with van der Waals surface area (Å²) in [5.41, 5.74) is 4.85. The number of rotatable bonds is 4. The van der Waals surface area contributed by atoms with Crippen molar-refractivity contribution >= 4 is 27.3 Å². The third kappa shape index (κ3) is 4.01. The molecule has 0 fully saturated rings. The molecular formula is C23H19BrN4OS. The van der Waals surface area contributed by atoms with Gasteiger partial charge in [0.05, 0.1) is 21.8 Å². The highest BCUT2D eigenvalue weighted by Gasteiger charge is 2.22. The molecule has 0 saturated carbocycles. The number of fused-ring (bicyclic) bond motifs is 1. The first kappa shape index (κ1) is 19.4. The molecule has 0 amide bonds. The maximum atomic E-state index is 12.7. The number of halogens is 1. The molecule has 0 bridgehead atoms. The first-order valence-electron chi connectivity index (χ1n) is 9.75. The number of thiophene rings is 1. The summed E-state index contributed by atoms with van der Waals surface area (Å²) in [5.74, 6) is 0.676. The Morgan fingerprint density at radius 2 is 2.00 bits per heavy atom. The second kappa shape index (κ2) is 8.26. The molecule has 4 aromatic rings. The number of aromatic nitrogens is 3. The fraction of sp³-hybridized carbons (Fsp3) is 0.174. The topological polar surface area (TPSA) is 61.9 Å². The molecule has 7 heteroatoms. The van der Waals surface area contributed by atoms with Gasteiger partial charge in [-0.3, -0.25) is 14.7 Å². The van der Waals surface area contributed by atoms with Crippen LogP contribution in [0, 0.1) is 0 Å². The number of hydrogen-bond acceptors (Lipinski definition) is 5. The Balaban J connectivity index is 1.31. The number of hydrogen-bond donors (Lipinski definition) is 1. The maximum Gasteiger partial charge on any atom is 0.255 e. The number of benzene rings is 1. The molecule has 0 unspecified atom stereocenters. The Labute approximate surface area is 186 Å². The summed E-state index contributed by atoms with van der Waals surface area (Å²) in [6.45, 7) is 2.25. The molecule has 4 heterocycles. The molecule has 5 rings (SSSR count). The van der Waals surface area contributed by atoms with Crippen molar-refractivity contribution in [2.75, 3.05) is 6.54 Å². The third-order valence-electron chi connectivity index (χ3n) is 5.27. The van der Waals surface area contributed by atoms with E-state index in [-0.39, 0.29) is 5.56 Å². The van der Waals surface area contributed by atoms with Gasteiger partial charge in [-0.25, -0.2) is 4.98 Å². The normalized spacial score (nSPS) is 13.9. The molecule has 1 aromatic carbocycles. The molecule has 0 radical (unpaired) electrons. The van der Waals surface area contributed by atoms with Crippen molar-refractivity contribution in [1.82, 2.24) is 19.9 Å². The molecule has 1 aliphatic rings. The summed E-state index contributed by atoms with van der Waals surface area (Å²) in [7, 11) is 0. The van der Waals surface area contributed by atoms with Gasteiger partial charge in [0.25, 0.3) is 5.56 Å². The lowest BCUT2D eigenvalue weighted by atomic mass is 10.1. The predicted octanol–water partition coefficient (Wildman–Crippen LogP) is 4.88. The van der Waals surface area contributed by atoms with Crippen LogP contribution in [0.5, 0.6) is 0 Å². The summed E-state index contributed by atoms with van der Waals surface area (Å²) >= 11 is 5.05. The van der Waals surface area contributed by atoms with Gasteiger partial charge in [0.15, 0.2) is 5.82 Å². The van der Waals surface area contributed by atoms with Gasteiger partial charge >= 0.3 is 0 Å². The predicted molar refractivity (Wildman–Crippen MR) is 123 cm³/mol. The van der Waals surface area contributed by atoms with Crippen LogP contribution in [0.2, 0.25) is 0 Å². The Morgan fingerprint density at radius 1 is 1.13 bits per heavy atom. The Bertz CT molecular complexity index is 1220. The van der Waals surface area contributed by atoms with Gasteiger partial charge in [0.1, 0.15) is 0 Å². The van der Waals surface area contributed by atoms with Crippen LogP contribution >= 0.6 is 27.3 Å². The van der Waals surface area contributed by atoms with E-state index >= 15 is 0 Å². The molecule has 1 N–H and O–H groups in total. The Morgan fingerprint density at radius 3 is 2.73 bits per heavy atom. The molecule has 1 aliphatic heterocycles. The van der Waals surface area contributed by atoms with Gasteiger partial charge < -0.3 is 4.98 Å². The minimum Gasteiger partial charge on any atom is -0.306 e. The third-order valence-corrected chi connectivity index (χ3v) is 6.68. The van der Waals surface area contributed by atoms with Gasteiger partial charge in [-0.05, 0) is 35.2 Å². The average molecular weight is 479 g/mol. The fourth-order valence-electron chi connectivity index (χ4n) is 3.71. The minimum absolute atomic E-state index is 0.0307. The summed E-state index contributed by atoms with van der Waals surface area (Å²) < 4.78 is 1.06. The zero-order valence-electron chi connectivity index (χ0n) is 16.1. The summed E-state index contributed by atoms with van der Waals surface area (Å²) in [5, 5.41) is 1.99. The fourth-order valence-corrected chi connectivity index (χ4v) is 4.65. The van der Waals surface area contributed by atoms with E-state index in [9.17, 15) is 4.79 Å². The zero-order chi connectivity index (χ0) is 20.5. The van der Waals surface area contributed by atoms with Crippen LogP contribution in [0.25, 0.3) is 22.0 Å². The van der Waals surface area contributed by atoms with Crippen molar-refractivity contribution < 1.29 is 0 Å². The summed E-state index contributed by atoms with van der Waals surface area (Å²) in [4.78, 5) is 28.2. The van der Waals surface area contributed by atoms with Gasteiger partial charge in [-0.15, -0.1) is 11.3 Å². The van der Waals surface area contributed by atoms with E-state index in [1.165, 1.54) is 0 Å². The number of aromatic amines is 1. The highest BCUT2D eigenvalue weighted by Crippen LogP contribution is 2.24. The highest BCUT2D eigenvalue weighted by atomic mass is 79.9. The van der Waals surface area contributed by atoms with Crippen molar-refractivity contribution in [1.29, 1.82) is 0 Å². The van der Waals surface area contributed by atoms with Crippen LogP contribution in [-0.2, 0) is 19.5 Å². The van der Waals surface area contributed by atoms with E-state index in [4.69, 9.17) is 4.98 Å². The van der Waals surface area contributed by atoms with E-state index in [1.807, 2.05) is 35.8 Å². The number of H-pyrrole nitrogens is 1. The zero-order valence-corrected chi connectivity index (χ0v) is 18.5. The first-order valence-corrected chi connectivity index (χ1v) is 11.4. The van der Waals surface area contributed by atoms with Gasteiger partial charge in [0, 0.05) is 42.3 Å². The summed E-state index contributed by atoms with van der Waals surface area (Å²) in [6.07, 6.45) is 2.71. The van der Waals surface area contributed by atoms with Gasteiger partial charge in [-0.2, -0.15) is 0 Å². The molecule has 150 valence electrons. The maximum absolute atomic E-state index is 12.7. The molecule has 0 spiro atoms. The van der Waals surface area contributed by atoms with E-state index < -0.39 is 0 Å². The van der Waals surface area contributed by atoms with E-state index in [0.29, 0.717) is 12.4 Å². The number of pyridine rings is 1. The lowest BCUT2D eigenvalue weighted by molar-refractivity contribution is 0.241. The van der Waals surface area contributed by atoms with Crippen molar-refractivity contribution in [3.8, 4) is 22.0 Å². The molecule has 3 aromatic heterocycles. The SMILES string of the molecule is O=c1[nH]c(-c2cccs2)nc2c1CN(Cc1ccc(-c3ccc(Br)cc3)nc1)CC2. The Hall–Kier alpha value is -2.61. The minimum atomic E-state index is -0.0307. The number of nitrogens with zero attached hydrogens (tertiary/aromatic N) is 3. The van der Waals surface area contributed by atoms with Gasteiger partial charge in [-0.1, -0.05) is 40.2 Å². The standard InChI is InChI=1S/C23H19BrN4OS/c24-17-6-4-16(5-7-17)19-8-3-15(12-25-19)13-28-10-9-20-18(14-28)23(29)27-22(26-20)21-2-1-11-30-21/h1-8,11-12H,9-10,13-14H2,(H,26,27,29). The quantitative estimate of drug-likeness (QED) is 0.453. The highest BCUT2D eigenvalue weighted by molar-refractivity contribution is 9.10. The summed E-state index contributed by atoms with van der Waals surface area (Å²) in [6, 6.07) is 16.3. The van der Waals surface area contributed by atoms with E-state index in [2.05, 4.69) is 55.1 Å². The van der Waals surface area contributed by atoms with Crippen LogP contribution in [-0.4, -0.2) is 26.4 Å². The molecule has 0 aliphatic carbocycles. The largest absolute Gasteiger partial charge is 0.306 e. The lowest BCUT2D eigenvalue weighted by Gasteiger charge is -2.27. The Kier molecular flexibility index (Phi) is 5.33. The second-order valence-electron chi connectivity index (χ2n) is 7.34. The van der Waals surface area contributed by atoms with Crippen LogP contribution in [0.15, 0.2) is 69.4 Å². The van der Waals surface area contributed by atoms with Crippen LogP contribution in [0.4, 0.5) is 0 Å². The second-order valence-corrected chi connectivity index (χ2v) is 9.20. The van der Waals surface area contributed by atoms with Crippen LogP contribution in [0.3, 0.4) is 0 Å². The van der Waals surface area contributed by atoms with E-state index in [0.717, 1.165) is 56.9 Å². The molecule has 30 heavy (non-hydrogen) atoms. The van der Waals surface area contributed by atoms with Gasteiger partial charge in [0.2, 0.25) is 0 Å². The van der Waals surface area contributed by atoms with Crippen molar-refractivity contribution in [3.05, 3.63) is 91.8 Å². The van der Waals surface area contributed by atoms with Crippen molar-refractivity contribution in [2.45, 2.75) is 19.5 Å². The molecule has 0 saturated heterocycles. The molecule has 0 atom stereocenters. The van der Waals surface area contributed by atoms with Crippen molar-refractivity contribution in [3.63, 3.8) is 0 Å². The van der Waals surface area contributed by atoms with E-state index in [1.54, 1.807) is 11.3 Å². The smallest absolute Gasteiger partial charge is 0.255 e. The molecular weight excluding hydrogens is 460 g/mol. The molecule has 5 nitrogen and oxygen atoms in total. The van der Waals surface area contributed by atoms with Crippen molar-refractivity contribution in [2.24, 2.45) is 0 Å². The van der Waals surface area contributed by atoms with Crippen LogP contribution < -0.4 is 5.56 Å². The monoisotopic (exact) mass is 478 g/mol. The average Bonchev–Trinajstić information content (AvgIpc) is 3.30. The first-order chi connectivity index (χ1) is 14.7.